The number of benzene rings is 2. The fourth-order valence-corrected chi connectivity index (χ4v) is 2.37. The smallest absolute Gasteiger partial charge is 0.339 e. The summed E-state index contributed by atoms with van der Waals surface area (Å²) in [6.07, 6.45) is 0. The maximum atomic E-state index is 12.0. The van der Waals surface area contributed by atoms with E-state index in [1.54, 1.807) is 42.5 Å². The Bertz CT molecular complexity index is 620. The highest BCUT2D eigenvalue weighted by atomic mass is 32.2. The summed E-state index contributed by atoms with van der Waals surface area (Å²) in [5.74, 6) is 0.744. The minimum Gasteiger partial charge on any atom is -0.497 e. The van der Waals surface area contributed by atoms with Gasteiger partial charge in [-0.15, -0.1) is 0 Å². The second-order valence-electron chi connectivity index (χ2n) is 3.53. The van der Waals surface area contributed by atoms with Crippen LogP contribution in [-0.4, -0.2) is 15.5 Å². The molecule has 18 heavy (non-hydrogen) atoms. The molecule has 0 unspecified atom stereocenters. The Morgan fingerprint density at radius 3 is 2.22 bits per heavy atom. The van der Waals surface area contributed by atoms with Crippen molar-refractivity contribution in [2.24, 2.45) is 0 Å². The number of hydrogen-bond donors (Lipinski definition) is 0. The molecule has 0 amide bonds. The third-order valence-corrected chi connectivity index (χ3v) is 3.52. The summed E-state index contributed by atoms with van der Waals surface area (Å²) in [4.78, 5) is 0.0608. The quantitative estimate of drug-likeness (QED) is 0.796. The summed E-state index contributed by atoms with van der Waals surface area (Å²) in [6, 6.07) is 14.5. The van der Waals surface area contributed by atoms with Gasteiger partial charge in [-0.3, -0.25) is 0 Å². The van der Waals surface area contributed by atoms with Crippen molar-refractivity contribution in [3.63, 3.8) is 0 Å². The fourth-order valence-electron chi connectivity index (χ4n) is 1.41. The Morgan fingerprint density at radius 1 is 0.889 bits per heavy atom. The summed E-state index contributed by atoms with van der Waals surface area (Å²) in [5.41, 5.74) is 0. The van der Waals surface area contributed by atoms with Crippen molar-refractivity contribution in [2.75, 3.05) is 7.11 Å². The predicted octanol–water partition coefficient (Wildman–Crippen LogP) is 2.46. The molecule has 0 aliphatic heterocycles. The molecule has 2 rings (SSSR count). The van der Waals surface area contributed by atoms with E-state index in [4.69, 9.17) is 8.92 Å². The van der Waals surface area contributed by atoms with Gasteiger partial charge < -0.3 is 8.92 Å². The van der Waals surface area contributed by atoms with Gasteiger partial charge in [-0.2, -0.15) is 8.42 Å². The lowest BCUT2D eigenvalue weighted by molar-refractivity contribution is 0.412. The summed E-state index contributed by atoms with van der Waals surface area (Å²) in [6.45, 7) is 0. The average molecular weight is 264 g/mol. The maximum Gasteiger partial charge on any atom is 0.339 e. The molecule has 0 N–H and O–H groups in total. The standard InChI is InChI=1S/C13H12O4S/c1-16-12-8-5-9-13(10-12)18(14,15)17-11-6-3-2-4-7-11/h2-10H,1H3. The van der Waals surface area contributed by atoms with Crippen molar-refractivity contribution in [3.8, 4) is 11.5 Å². The van der Waals surface area contributed by atoms with Crippen LogP contribution in [0.2, 0.25) is 0 Å². The fraction of sp³-hybridized carbons (Fsp3) is 0.0769. The van der Waals surface area contributed by atoms with Crippen LogP contribution in [0.3, 0.4) is 0 Å². The molecule has 94 valence electrons. The maximum absolute atomic E-state index is 12.0. The lowest BCUT2D eigenvalue weighted by Gasteiger charge is -2.07. The average Bonchev–Trinajstić information content (AvgIpc) is 2.39. The van der Waals surface area contributed by atoms with E-state index in [1.165, 1.54) is 19.2 Å². The lowest BCUT2D eigenvalue weighted by atomic mass is 10.3. The second kappa shape index (κ2) is 5.10. The molecule has 0 atom stereocenters. The first kappa shape index (κ1) is 12.4. The Morgan fingerprint density at radius 2 is 1.56 bits per heavy atom. The largest absolute Gasteiger partial charge is 0.497 e. The number of para-hydroxylation sites is 1. The van der Waals surface area contributed by atoms with Crippen LogP contribution in [0, 0.1) is 0 Å². The van der Waals surface area contributed by atoms with E-state index >= 15 is 0 Å². The summed E-state index contributed by atoms with van der Waals surface area (Å²) < 4.78 is 34.0. The van der Waals surface area contributed by atoms with Crippen LogP contribution in [0.4, 0.5) is 0 Å². The highest BCUT2D eigenvalue weighted by Gasteiger charge is 2.16. The SMILES string of the molecule is COc1cccc(S(=O)(=O)Oc2ccccc2)c1. The predicted molar refractivity (Wildman–Crippen MR) is 67.2 cm³/mol. The molecule has 0 radical (unpaired) electrons. The zero-order chi connectivity index (χ0) is 13.0. The monoisotopic (exact) mass is 264 g/mol. The number of hydrogen-bond acceptors (Lipinski definition) is 4. The number of ether oxygens (including phenoxy) is 1. The third-order valence-electron chi connectivity index (χ3n) is 2.28. The molecule has 2 aromatic carbocycles. The van der Waals surface area contributed by atoms with E-state index < -0.39 is 10.1 Å². The van der Waals surface area contributed by atoms with Gasteiger partial charge in [0, 0.05) is 6.07 Å². The van der Waals surface area contributed by atoms with Crippen molar-refractivity contribution in [3.05, 3.63) is 54.6 Å². The van der Waals surface area contributed by atoms with Gasteiger partial charge in [-0.1, -0.05) is 24.3 Å². The van der Waals surface area contributed by atoms with Gasteiger partial charge in [0.05, 0.1) is 7.11 Å². The molecular weight excluding hydrogens is 252 g/mol. The van der Waals surface area contributed by atoms with Gasteiger partial charge in [0.25, 0.3) is 0 Å². The molecule has 0 spiro atoms. The van der Waals surface area contributed by atoms with Crippen LogP contribution in [0.15, 0.2) is 59.5 Å². The summed E-state index contributed by atoms with van der Waals surface area (Å²) >= 11 is 0. The van der Waals surface area contributed by atoms with Crippen molar-refractivity contribution in [2.45, 2.75) is 4.90 Å². The molecule has 5 heteroatoms. The van der Waals surface area contributed by atoms with Crippen molar-refractivity contribution < 1.29 is 17.3 Å². The van der Waals surface area contributed by atoms with Crippen LogP contribution in [-0.2, 0) is 10.1 Å². The van der Waals surface area contributed by atoms with Gasteiger partial charge in [-0.05, 0) is 24.3 Å². The minimum absolute atomic E-state index is 0.0608. The topological polar surface area (TPSA) is 52.6 Å². The highest BCUT2D eigenvalue weighted by molar-refractivity contribution is 7.87. The van der Waals surface area contributed by atoms with Crippen LogP contribution >= 0.6 is 0 Å². The Balaban J connectivity index is 2.31. The van der Waals surface area contributed by atoms with Crippen molar-refractivity contribution in [1.29, 1.82) is 0 Å². The summed E-state index contributed by atoms with van der Waals surface area (Å²) in [5, 5.41) is 0. The van der Waals surface area contributed by atoms with Crippen molar-refractivity contribution >= 4 is 10.1 Å². The van der Waals surface area contributed by atoms with E-state index in [0.29, 0.717) is 5.75 Å². The first-order chi connectivity index (χ1) is 8.62. The second-order valence-corrected chi connectivity index (χ2v) is 5.08. The van der Waals surface area contributed by atoms with Crippen LogP contribution < -0.4 is 8.92 Å². The zero-order valence-corrected chi connectivity index (χ0v) is 10.6. The first-order valence-corrected chi connectivity index (χ1v) is 6.66. The molecule has 4 nitrogen and oxygen atoms in total. The van der Waals surface area contributed by atoms with E-state index in [2.05, 4.69) is 0 Å². The summed E-state index contributed by atoms with van der Waals surface area (Å²) in [7, 11) is -2.35. The van der Waals surface area contributed by atoms with Gasteiger partial charge in [0.1, 0.15) is 16.4 Å². The van der Waals surface area contributed by atoms with Crippen LogP contribution in [0.5, 0.6) is 11.5 Å². The molecule has 0 aliphatic rings. The Hall–Kier alpha value is -2.01. The van der Waals surface area contributed by atoms with E-state index in [0.717, 1.165) is 0 Å². The lowest BCUT2D eigenvalue weighted by Crippen LogP contribution is -2.09. The molecule has 0 bridgehead atoms. The number of methoxy groups -OCH3 is 1. The molecule has 2 aromatic rings. The molecule has 0 heterocycles. The first-order valence-electron chi connectivity index (χ1n) is 5.25. The van der Waals surface area contributed by atoms with Gasteiger partial charge in [0.2, 0.25) is 0 Å². The van der Waals surface area contributed by atoms with Crippen molar-refractivity contribution in [1.82, 2.24) is 0 Å². The molecule has 0 aromatic heterocycles. The Labute approximate surface area is 106 Å². The Kier molecular flexibility index (Phi) is 3.53. The minimum atomic E-state index is -3.83. The number of rotatable bonds is 4. The molecule has 0 saturated carbocycles. The molecular formula is C13H12O4S. The molecule has 0 aliphatic carbocycles. The third kappa shape index (κ3) is 2.81. The normalized spacial score (nSPS) is 10.9. The molecule has 0 fully saturated rings. The van der Waals surface area contributed by atoms with Crippen LogP contribution in [0.25, 0.3) is 0 Å². The van der Waals surface area contributed by atoms with E-state index in [9.17, 15) is 8.42 Å². The van der Waals surface area contributed by atoms with E-state index in [1.807, 2.05) is 0 Å². The molecule has 0 saturated heterocycles. The van der Waals surface area contributed by atoms with Gasteiger partial charge in [0.15, 0.2) is 0 Å². The van der Waals surface area contributed by atoms with Gasteiger partial charge >= 0.3 is 10.1 Å². The van der Waals surface area contributed by atoms with Crippen LogP contribution in [0.1, 0.15) is 0 Å². The zero-order valence-electron chi connectivity index (χ0n) is 9.74. The van der Waals surface area contributed by atoms with E-state index in [-0.39, 0.29) is 10.6 Å². The van der Waals surface area contributed by atoms with Gasteiger partial charge in [-0.25, -0.2) is 0 Å². The highest BCUT2D eigenvalue weighted by Crippen LogP contribution is 2.21.